The van der Waals surface area contributed by atoms with Gasteiger partial charge in [0.05, 0.1) is 13.2 Å². The Hall–Kier alpha value is -2.73. The fraction of sp³-hybridized carbons (Fsp3) is 0.350. The number of ether oxygens (including phenoxy) is 1. The van der Waals surface area contributed by atoms with E-state index in [2.05, 4.69) is 11.1 Å². The van der Waals surface area contributed by atoms with Crippen molar-refractivity contribution < 1.29 is 14.3 Å². The Labute approximate surface area is 152 Å². The molecule has 0 radical (unpaired) electrons. The average molecular weight is 351 g/mol. The fourth-order valence-corrected chi connectivity index (χ4v) is 3.51. The minimum absolute atomic E-state index is 0.0874. The number of hydrogen-bond donors (Lipinski definition) is 0. The molecule has 0 N–H and O–H groups in total. The van der Waals surface area contributed by atoms with Crippen LogP contribution in [0.3, 0.4) is 0 Å². The minimum Gasteiger partial charge on any atom is -0.378 e. The quantitative estimate of drug-likeness (QED) is 0.832. The number of hydrogen-bond acceptors (Lipinski definition) is 4. The van der Waals surface area contributed by atoms with Gasteiger partial charge in [0, 0.05) is 37.1 Å². The van der Waals surface area contributed by atoms with Crippen molar-refractivity contribution >= 4 is 17.5 Å². The maximum atomic E-state index is 13.1. The van der Waals surface area contributed by atoms with E-state index in [9.17, 15) is 9.59 Å². The van der Waals surface area contributed by atoms with Crippen molar-refractivity contribution in [1.82, 2.24) is 9.88 Å². The molecule has 1 aromatic carbocycles. The van der Waals surface area contributed by atoms with Gasteiger partial charge in [-0.05, 0) is 36.6 Å². The summed E-state index contributed by atoms with van der Waals surface area (Å²) in [7, 11) is 0. The van der Waals surface area contributed by atoms with Crippen LogP contribution in [0.2, 0.25) is 0 Å². The van der Waals surface area contributed by atoms with Gasteiger partial charge in [0.25, 0.3) is 11.8 Å². The molecule has 2 aliphatic heterocycles. The number of fused-ring (bicyclic) bond motifs is 1. The van der Waals surface area contributed by atoms with Crippen LogP contribution in [0.25, 0.3) is 0 Å². The van der Waals surface area contributed by atoms with Gasteiger partial charge in [-0.3, -0.25) is 14.6 Å². The second kappa shape index (κ2) is 7.25. The molecular weight excluding hydrogens is 330 g/mol. The first-order chi connectivity index (χ1) is 12.7. The Kier molecular flexibility index (Phi) is 4.67. The molecule has 6 heteroatoms. The van der Waals surface area contributed by atoms with Crippen molar-refractivity contribution in [2.75, 3.05) is 37.7 Å². The van der Waals surface area contributed by atoms with Crippen molar-refractivity contribution in [3.8, 4) is 0 Å². The van der Waals surface area contributed by atoms with Gasteiger partial charge in [-0.2, -0.15) is 0 Å². The lowest BCUT2D eigenvalue weighted by Gasteiger charge is -2.29. The summed E-state index contributed by atoms with van der Waals surface area (Å²) in [4.78, 5) is 33.4. The van der Waals surface area contributed by atoms with Crippen molar-refractivity contribution in [3.05, 3.63) is 59.4 Å². The lowest BCUT2D eigenvalue weighted by molar-refractivity contribution is 0.0299. The summed E-state index contributed by atoms with van der Waals surface area (Å²) in [5.74, 6) is -0.238. The van der Waals surface area contributed by atoms with Crippen molar-refractivity contribution in [1.29, 1.82) is 0 Å². The number of nitrogens with zero attached hydrogens (tertiary/aromatic N) is 3. The summed E-state index contributed by atoms with van der Waals surface area (Å²) in [5.41, 5.74) is 2.95. The van der Waals surface area contributed by atoms with E-state index in [-0.39, 0.29) is 11.8 Å². The van der Waals surface area contributed by atoms with E-state index in [0.717, 1.165) is 18.5 Å². The number of anilines is 1. The zero-order valence-electron chi connectivity index (χ0n) is 14.6. The first-order valence-electron chi connectivity index (χ1n) is 8.97. The van der Waals surface area contributed by atoms with E-state index in [4.69, 9.17) is 4.74 Å². The molecule has 2 amide bonds. The van der Waals surface area contributed by atoms with Gasteiger partial charge in [0.15, 0.2) is 0 Å². The van der Waals surface area contributed by atoms with Crippen LogP contribution in [0.4, 0.5) is 5.69 Å². The molecule has 134 valence electrons. The van der Waals surface area contributed by atoms with Crippen LogP contribution >= 0.6 is 0 Å². The number of pyridine rings is 1. The summed E-state index contributed by atoms with van der Waals surface area (Å²) in [5, 5.41) is 0. The van der Waals surface area contributed by atoms with E-state index in [1.54, 1.807) is 21.9 Å². The van der Waals surface area contributed by atoms with Crippen LogP contribution in [0.1, 0.15) is 32.8 Å². The third kappa shape index (κ3) is 3.20. The molecule has 1 aromatic heterocycles. The molecule has 2 aliphatic rings. The Bertz CT molecular complexity index is 831. The highest BCUT2D eigenvalue weighted by atomic mass is 16.5. The molecule has 3 heterocycles. The number of aryl methyl sites for hydroxylation is 1. The molecule has 0 atom stereocenters. The summed E-state index contributed by atoms with van der Waals surface area (Å²) in [6.45, 7) is 2.87. The van der Waals surface area contributed by atoms with Crippen molar-refractivity contribution in [2.45, 2.75) is 12.8 Å². The summed E-state index contributed by atoms with van der Waals surface area (Å²) in [6, 6.07) is 11.3. The van der Waals surface area contributed by atoms with Crippen molar-refractivity contribution in [3.63, 3.8) is 0 Å². The lowest BCUT2D eigenvalue weighted by Crippen LogP contribution is -2.41. The number of carbonyl (C=O) groups excluding carboxylic acids is 2. The smallest absolute Gasteiger partial charge is 0.272 e. The minimum atomic E-state index is -0.151. The average Bonchev–Trinajstić information content (AvgIpc) is 2.73. The number of amides is 2. The fourth-order valence-electron chi connectivity index (χ4n) is 3.51. The van der Waals surface area contributed by atoms with E-state index in [1.165, 1.54) is 11.8 Å². The Morgan fingerprint density at radius 1 is 1.00 bits per heavy atom. The van der Waals surface area contributed by atoms with E-state index in [0.29, 0.717) is 44.1 Å². The number of benzene rings is 1. The largest absolute Gasteiger partial charge is 0.378 e. The van der Waals surface area contributed by atoms with Gasteiger partial charge in [0.1, 0.15) is 5.69 Å². The van der Waals surface area contributed by atoms with Gasteiger partial charge in [0.2, 0.25) is 0 Å². The normalized spacial score (nSPS) is 16.9. The van der Waals surface area contributed by atoms with Crippen LogP contribution in [0.5, 0.6) is 0 Å². The number of aromatic nitrogens is 1. The van der Waals surface area contributed by atoms with Gasteiger partial charge < -0.3 is 14.5 Å². The highest BCUT2D eigenvalue weighted by Crippen LogP contribution is 2.28. The van der Waals surface area contributed by atoms with Crippen molar-refractivity contribution in [2.24, 2.45) is 0 Å². The number of morpholine rings is 1. The van der Waals surface area contributed by atoms with Gasteiger partial charge >= 0.3 is 0 Å². The SMILES string of the molecule is O=C(c1cc(C(=O)N2CCCc3ccccc32)ccn1)N1CCOCC1. The first-order valence-corrected chi connectivity index (χ1v) is 8.97. The molecule has 0 saturated carbocycles. The number of carbonyl (C=O) groups is 2. The first kappa shape index (κ1) is 16.7. The van der Waals surface area contributed by atoms with Gasteiger partial charge in [-0.15, -0.1) is 0 Å². The third-order valence-electron chi connectivity index (χ3n) is 4.88. The van der Waals surface area contributed by atoms with Crippen LogP contribution in [-0.2, 0) is 11.2 Å². The molecule has 4 rings (SSSR count). The molecule has 1 saturated heterocycles. The van der Waals surface area contributed by atoms with E-state index in [1.807, 2.05) is 18.2 Å². The predicted molar refractivity (Wildman–Crippen MR) is 97.4 cm³/mol. The lowest BCUT2D eigenvalue weighted by atomic mass is 10.0. The second-order valence-corrected chi connectivity index (χ2v) is 6.52. The molecule has 6 nitrogen and oxygen atoms in total. The maximum Gasteiger partial charge on any atom is 0.272 e. The number of para-hydroxylation sites is 1. The topological polar surface area (TPSA) is 62.7 Å². The second-order valence-electron chi connectivity index (χ2n) is 6.52. The summed E-state index contributed by atoms with van der Waals surface area (Å²) >= 11 is 0. The molecule has 0 aliphatic carbocycles. The summed E-state index contributed by atoms with van der Waals surface area (Å²) in [6.07, 6.45) is 3.46. The zero-order chi connectivity index (χ0) is 17.9. The predicted octanol–water partition coefficient (Wildman–Crippen LogP) is 2.15. The monoisotopic (exact) mass is 351 g/mol. The van der Waals surface area contributed by atoms with Crippen LogP contribution in [-0.4, -0.2) is 54.5 Å². The standard InChI is InChI=1S/C20H21N3O3/c24-19(23-9-3-5-15-4-1-2-6-18(15)23)16-7-8-21-17(14-16)20(25)22-10-12-26-13-11-22/h1-2,4,6-8,14H,3,5,9-13H2. The van der Waals surface area contributed by atoms with E-state index < -0.39 is 0 Å². The zero-order valence-corrected chi connectivity index (χ0v) is 14.6. The van der Waals surface area contributed by atoms with Crippen LogP contribution < -0.4 is 4.90 Å². The molecule has 0 spiro atoms. The number of rotatable bonds is 2. The summed E-state index contributed by atoms with van der Waals surface area (Å²) < 4.78 is 5.29. The molecule has 26 heavy (non-hydrogen) atoms. The Morgan fingerprint density at radius 2 is 1.81 bits per heavy atom. The molecule has 1 fully saturated rings. The molecule has 2 aromatic rings. The molecule has 0 bridgehead atoms. The third-order valence-corrected chi connectivity index (χ3v) is 4.88. The van der Waals surface area contributed by atoms with Gasteiger partial charge in [-0.25, -0.2) is 0 Å². The maximum absolute atomic E-state index is 13.1. The highest BCUT2D eigenvalue weighted by Gasteiger charge is 2.25. The van der Waals surface area contributed by atoms with Crippen LogP contribution in [0, 0.1) is 0 Å². The highest BCUT2D eigenvalue weighted by molar-refractivity contribution is 6.07. The van der Waals surface area contributed by atoms with Gasteiger partial charge in [-0.1, -0.05) is 18.2 Å². The van der Waals surface area contributed by atoms with Crippen LogP contribution in [0.15, 0.2) is 42.6 Å². The Morgan fingerprint density at radius 3 is 2.65 bits per heavy atom. The molecule has 0 unspecified atom stereocenters. The Balaban J connectivity index is 1.59. The molecular formula is C20H21N3O3. The van der Waals surface area contributed by atoms with E-state index >= 15 is 0 Å².